The molecular weight excluding hydrogens is 1050 g/mol. The highest BCUT2D eigenvalue weighted by molar-refractivity contribution is 6.02. The van der Waals surface area contributed by atoms with Crippen molar-refractivity contribution < 1.29 is 62.6 Å². The summed E-state index contributed by atoms with van der Waals surface area (Å²) in [5.74, 6) is -5.19. The van der Waals surface area contributed by atoms with Gasteiger partial charge in [-0.2, -0.15) is 0 Å². The summed E-state index contributed by atoms with van der Waals surface area (Å²) in [6.07, 6.45) is 0.509. The van der Waals surface area contributed by atoms with Crippen molar-refractivity contribution in [3.05, 3.63) is 93.3 Å². The number of rotatable bonds is 9. The average Bonchev–Trinajstić information content (AvgIpc) is 1.47. The summed E-state index contributed by atoms with van der Waals surface area (Å²) >= 11 is 0. The van der Waals surface area contributed by atoms with Crippen molar-refractivity contribution in [1.82, 2.24) is 20.3 Å². The second kappa shape index (κ2) is 16.9. The molecule has 5 aliphatic carbocycles. The number of aromatic nitrogens is 3. The molecule has 6 heterocycles. The second-order valence-electron chi connectivity index (χ2n) is 27.2. The van der Waals surface area contributed by atoms with E-state index in [0.717, 1.165) is 0 Å². The van der Waals surface area contributed by atoms with Gasteiger partial charge < -0.3 is 55.4 Å². The Morgan fingerprint density at radius 1 is 0.829 bits per heavy atom. The number of carbonyl (C=O) groups excluding carboxylic acids is 5. The summed E-state index contributed by atoms with van der Waals surface area (Å²) in [7, 11) is 0. The number of aliphatic hydroxyl groups excluding tert-OH is 1. The summed E-state index contributed by atoms with van der Waals surface area (Å²) in [5.41, 5.74) is 10.8. The molecule has 2 spiro atoms. The molecule has 19 heteroatoms. The minimum absolute atomic E-state index is 0.00428. The summed E-state index contributed by atoms with van der Waals surface area (Å²) < 4.78 is 40.3. The number of aliphatic hydroxyl groups is 2. The van der Waals surface area contributed by atoms with E-state index in [2.05, 4.69) is 64.1 Å². The highest BCUT2D eigenvalue weighted by Gasteiger charge is 2.94. The lowest BCUT2D eigenvalue weighted by molar-refractivity contribution is -0.256. The lowest BCUT2D eigenvalue weighted by Crippen LogP contribution is -2.72. The number of Topliss-reactive ketones (excluding diaryl/α,β-unsaturated/α-hetero) is 1. The molecule has 1 amide bonds. The van der Waals surface area contributed by atoms with Gasteiger partial charge in [0.2, 0.25) is 5.79 Å². The lowest BCUT2D eigenvalue weighted by Gasteiger charge is -2.70. The van der Waals surface area contributed by atoms with Gasteiger partial charge in [0.05, 0.1) is 35.9 Å². The van der Waals surface area contributed by atoms with Crippen molar-refractivity contribution >= 4 is 41.0 Å². The van der Waals surface area contributed by atoms with E-state index in [1.807, 2.05) is 20.8 Å². The fraction of sp³-hybridized carbons (Fsp3) is 0.603. The fourth-order valence-electron chi connectivity index (χ4n) is 19.6. The van der Waals surface area contributed by atoms with Gasteiger partial charge >= 0.3 is 17.9 Å². The van der Waals surface area contributed by atoms with Gasteiger partial charge in [-0.15, -0.1) is 5.10 Å². The molecule has 2 unspecified atom stereocenters. The molecule has 19 nitrogen and oxygen atoms in total. The molecule has 8 fully saturated rings. The molecule has 434 valence electrons. The van der Waals surface area contributed by atoms with E-state index in [9.17, 15) is 34.2 Å². The van der Waals surface area contributed by atoms with E-state index in [1.165, 1.54) is 13.0 Å². The molecule has 3 aromatic carbocycles. The van der Waals surface area contributed by atoms with Gasteiger partial charge in [0.25, 0.3) is 5.91 Å². The van der Waals surface area contributed by atoms with E-state index in [4.69, 9.17) is 39.9 Å². The van der Waals surface area contributed by atoms with Crippen LogP contribution in [0.25, 0.3) is 0 Å². The number of fused-ring (bicyclic) bond motifs is 15. The first-order chi connectivity index (χ1) is 38.7. The van der Waals surface area contributed by atoms with E-state index in [0.29, 0.717) is 82.2 Å². The van der Waals surface area contributed by atoms with E-state index < -0.39 is 92.6 Å². The Hall–Kier alpha value is -6.41. The zero-order valence-corrected chi connectivity index (χ0v) is 48.3. The van der Waals surface area contributed by atoms with E-state index in [-0.39, 0.29) is 83.5 Å². The van der Waals surface area contributed by atoms with Gasteiger partial charge in [-0.05, 0) is 130 Å². The first kappa shape index (κ1) is 53.6. The normalized spacial score (nSPS) is 42.3. The summed E-state index contributed by atoms with van der Waals surface area (Å²) in [5, 5.41) is 36.7. The van der Waals surface area contributed by atoms with Gasteiger partial charge in [0.1, 0.15) is 35.5 Å². The van der Waals surface area contributed by atoms with Crippen LogP contribution in [-0.4, -0.2) is 96.7 Å². The number of unbranched alkanes of at least 4 members (excludes halogenated alkanes) is 1. The van der Waals surface area contributed by atoms with Gasteiger partial charge in [0, 0.05) is 80.9 Å². The molecule has 14 rings (SSSR count). The molecule has 10 aliphatic rings. The summed E-state index contributed by atoms with van der Waals surface area (Å²) in [6, 6.07) is 12.0. The van der Waals surface area contributed by atoms with Crippen molar-refractivity contribution in [1.29, 1.82) is 0 Å². The predicted octanol–water partition coefficient (Wildman–Crippen LogP) is 6.85. The number of amides is 1. The van der Waals surface area contributed by atoms with Gasteiger partial charge in [-0.3, -0.25) is 19.1 Å². The zero-order valence-electron chi connectivity index (χ0n) is 48.3. The first-order valence-electron chi connectivity index (χ1n) is 29.4. The number of ether oxygens (including phenoxy) is 6. The lowest BCUT2D eigenvalue weighted by atomic mass is 9.34. The Morgan fingerprint density at radius 2 is 1.50 bits per heavy atom. The molecule has 1 aromatic heterocycles. The van der Waals surface area contributed by atoms with Gasteiger partial charge in [-0.1, -0.05) is 59.7 Å². The third kappa shape index (κ3) is 6.22. The summed E-state index contributed by atoms with van der Waals surface area (Å²) in [6.45, 7) is 22.9. The number of benzene rings is 3. The maximum Gasteiger partial charge on any atom is 0.341 e. The van der Waals surface area contributed by atoms with Crippen LogP contribution >= 0.6 is 0 Å². The van der Waals surface area contributed by atoms with E-state index >= 15 is 0 Å². The zero-order chi connectivity index (χ0) is 58.2. The molecule has 0 bridgehead atoms. The number of epoxide rings is 2. The van der Waals surface area contributed by atoms with Crippen molar-refractivity contribution in [2.24, 2.45) is 74.9 Å². The highest BCUT2D eigenvalue weighted by atomic mass is 16.8. The average molecular weight is 1120 g/mol. The number of hydrogen-bond donors (Lipinski definition) is 5. The minimum atomic E-state index is -2.02. The molecule has 7 N–H and O–H groups in total. The Kier molecular flexibility index (Phi) is 11.0. The number of nitrogens with one attached hydrogen (secondary N) is 1. The van der Waals surface area contributed by atoms with Crippen molar-refractivity contribution in [2.45, 2.75) is 162 Å². The quantitative estimate of drug-likeness (QED) is 0.0377. The van der Waals surface area contributed by atoms with Crippen LogP contribution in [0.4, 0.5) is 11.4 Å². The summed E-state index contributed by atoms with van der Waals surface area (Å²) in [4.78, 5) is 71.2. The first-order valence-corrected chi connectivity index (χ1v) is 29.4. The van der Waals surface area contributed by atoms with Gasteiger partial charge in [0.15, 0.2) is 17.0 Å². The largest absolute Gasteiger partial charge is 0.461 e. The van der Waals surface area contributed by atoms with Crippen molar-refractivity contribution in [3.8, 4) is 11.5 Å². The molecule has 0 radical (unpaired) electrons. The molecular formula is C63H74N6O13. The number of carbonyl (C=O) groups is 5. The number of nitrogen functional groups attached to an aromatic ring is 2. The number of nitrogens with two attached hydrogens (primary N) is 2. The molecule has 4 aromatic rings. The molecule has 5 saturated carbocycles. The number of nitrogens with zero attached hydrogens (tertiary/aromatic N) is 3. The standard InChI is InChI=1S/C63H74N6O13/c1-26-30(5)58(8)44-29(4)52-63(80-52)60(10,61(11,76)56(75)82-63)46(44)53(59(58,9)45-43(26)57(7)31(6)51-41(77-51)23-38(57)47(71)48(45)72)78-42(70)14-12-13-21-69-25-33(67-68-69)24-66-54(73)32-15-16-35-34(22-32)55(74)81-62(35)36-17-19-39(64)27(2)49(36)79-50-28(3)40(65)20-18-37(50)62/h15-20,22,25-26,29-31,38,41,43-46,48,51-53,72,76H,12-14,21,23-24,64-65H2,1-11H3,(H,66,73)/t26-,29+,30+,31+,38-,41?,43+,44+,45+,46+,48-,51?,52-,53+,57+,58-,59-,60+,61-,63+/m1/s1. The van der Waals surface area contributed by atoms with Crippen LogP contribution in [0.5, 0.6) is 11.5 Å². The third-order valence-corrected chi connectivity index (χ3v) is 24.5. The number of esters is 3. The topological polar surface area (TPSA) is 283 Å². The Labute approximate surface area is 475 Å². The van der Waals surface area contributed by atoms with Crippen LogP contribution in [0, 0.1) is 88.8 Å². The van der Waals surface area contributed by atoms with Gasteiger partial charge in [-0.25, -0.2) is 9.59 Å². The number of aryl methyl sites for hydroxylation is 1. The SMILES string of the molecule is Cc1c(N)ccc2c1Oc1c(ccc(N)c1C)C21OC(=O)c2cc(C(=O)NCc3cn(CCCCC(=O)O[C@H]4[C@@H]5[C@H]([C@H](C)[C@H]6O[C@]67OC(=O)[C@@](C)(O)[C@]57C)[C@@]5(C)[C@@H](C)[C@@H](C)[C@H]6[C@@H]([C@@H](O)C(=O)[C@H]7CC8OC8[C@H](C)[C@]67C)[C@]45C)nn3)ccc21. The van der Waals surface area contributed by atoms with Crippen LogP contribution in [-0.2, 0) is 56.8 Å². The monoisotopic (exact) mass is 1120 g/mol. The molecule has 5 aliphatic heterocycles. The Bertz CT molecular complexity index is 3470. The highest BCUT2D eigenvalue weighted by Crippen LogP contribution is 2.85. The van der Waals surface area contributed by atoms with Crippen LogP contribution < -0.4 is 21.5 Å². The van der Waals surface area contributed by atoms with Crippen molar-refractivity contribution in [2.75, 3.05) is 11.5 Å². The number of ketones is 1. The van der Waals surface area contributed by atoms with Crippen molar-refractivity contribution in [3.63, 3.8) is 0 Å². The van der Waals surface area contributed by atoms with Crippen LogP contribution in [0.3, 0.4) is 0 Å². The predicted molar refractivity (Wildman–Crippen MR) is 293 cm³/mol. The number of hydrogen-bond acceptors (Lipinski definition) is 17. The second-order valence-corrected chi connectivity index (χ2v) is 27.2. The third-order valence-electron chi connectivity index (χ3n) is 24.5. The van der Waals surface area contributed by atoms with Crippen LogP contribution in [0.15, 0.2) is 48.7 Å². The maximum absolute atomic E-state index is 14.9. The van der Waals surface area contributed by atoms with E-state index in [1.54, 1.807) is 47.3 Å². The van der Waals surface area contributed by atoms with Crippen LogP contribution in [0.2, 0.25) is 0 Å². The Morgan fingerprint density at radius 3 is 2.18 bits per heavy atom. The number of anilines is 2. The molecule has 3 saturated heterocycles. The smallest absolute Gasteiger partial charge is 0.341 e. The van der Waals surface area contributed by atoms with Crippen LogP contribution in [0.1, 0.15) is 142 Å². The molecule has 82 heavy (non-hydrogen) atoms. The maximum atomic E-state index is 14.9. The molecule has 20 atom stereocenters. The minimum Gasteiger partial charge on any atom is -0.461 e. The Balaban J connectivity index is 0.685. The fourth-order valence-corrected chi connectivity index (χ4v) is 19.6.